The molecule has 13 heavy (non-hydrogen) atoms. The summed E-state index contributed by atoms with van der Waals surface area (Å²) in [7, 11) is 0. The van der Waals surface area contributed by atoms with Gasteiger partial charge in [-0.3, -0.25) is 0 Å². The molecule has 1 aromatic rings. The fourth-order valence-electron chi connectivity index (χ4n) is 1.08. The summed E-state index contributed by atoms with van der Waals surface area (Å²) in [5, 5.41) is 0. The van der Waals surface area contributed by atoms with Crippen LogP contribution in [0.25, 0.3) is 0 Å². The maximum absolute atomic E-state index is 13.2. The number of ether oxygens (including phenoxy) is 1. The van der Waals surface area contributed by atoms with Crippen LogP contribution in [0.5, 0.6) is 5.75 Å². The van der Waals surface area contributed by atoms with E-state index in [9.17, 15) is 4.39 Å². The van der Waals surface area contributed by atoms with E-state index in [2.05, 4.69) is 0 Å². The highest BCUT2D eigenvalue weighted by Gasteiger charge is 2.07. The van der Waals surface area contributed by atoms with Crippen LogP contribution in [-0.4, -0.2) is 6.61 Å². The molecule has 3 heteroatoms. The second-order valence-corrected chi connectivity index (χ2v) is 2.78. The minimum atomic E-state index is -0.337. The van der Waals surface area contributed by atoms with Gasteiger partial charge in [0.2, 0.25) is 0 Å². The molecule has 0 aliphatic carbocycles. The Morgan fingerprint density at radius 3 is 2.85 bits per heavy atom. The van der Waals surface area contributed by atoms with Gasteiger partial charge in [0.15, 0.2) is 11.6 Å². The predicted molar refractivity (Wildman–Crippen MR) is 50.1 cm³/mol. The Morgan fingerprint density at radius 2 is 2.23 bits per heavy atom. The van der Waals surface area contributed by atoms with Crippen LogP contribution in [0, 0.1) is 5.82 Å². The Kier molecular flexibility index (Phi) is 3.71. The normalized spacial score (nSPS) is 10.1. The van der Waals surface area contributed by atoms with Crippen LogP contribution in [0.3, 0.4) is 0 Å². The van der Waals surface area contributed by atoms with Gasteiger partial charge in [0, 0.05) is 12.1 Å². The first kappa shape index (κ1) is 9.99. The molecule has 72 valence electrons. The molecule has 0 radical (unpaired) electrons. The predicted octanol–water partition coefficient (Wildman–Crippen LogP) is 2.07. The van der Waals surface area contributed by atoms with E-state index in [1.54, 1.807) is 12.1 Å². The van der Waals surface area contributed by atoms with Gasteiger partial charge in [0.1, 0.15) is 0 Å². The smallest absolute Gasteiger partial charge is 0.165 e. The standard InChI is InChI=1S/C10H14FNO/c1-2-6-13-10-8(7-12)4-3-5-9(10)11/h3-5H,2,6-7,12H2,1H3. The summed E-state index contributed by atoms with van der Waals surface area (Å²) < 4.78 is 18.4. The van der Waals surface area contributed by atoms with Gasteiger partial charge in [-0.2, -0.15) is 0 Å². The monoisotopic (exact) mass is 183 g/mol. The fourth-order valence-corrected chi connectivity index (χ4v) is 1.08. The summed E-state index contributed by atoms with van der Waals surface area (Å²) in [6.07, 6.45) is 0.859. The Bertz CT molecular complexity index is 276. The summed E-state index contributed by atoms with van der Waals surface area (Å²) >= 11 is 0. The largest absolute Gasteiger partial charge is 0.490 e. The van der Waals surface area contributed by atoms with E-state index in [4.69, 9.17) is 10.5 Å². The lowest BCUT2D eigenvalue weighted by Crippen LogP contribution is -2.04. The molecule has 0 atom stereocenters. The molecular weight excluding hydrogens is 169 g/mol. The van der Waals surface area contributed by atoms with Crippen LogP contribution in [0.1, 0.15) is 18.9 Å². The molecule has 2 N–H and O–H groups in total. The van der Waals surface area contributed by atoms with Crippen molar-refractivity contribution in [3.63, 3.8) is 0 Å². The number of rotatable bonds is 4. The van der Waals surface area contributed by atoms with Crippen LogP contribution < -0.4 is 10.5 Å². The molecule has 0 fully saturated rings. The van der Waals surface area contributed by atoms with Crippen molar-refractivity contribution in [3.05, 3.63) is 29.6 Å². The van der Waals surface area contributed by atoms with E-state index < -0.39 is 0 Å². The molecule has 1 rings (SSSR count). The SMILES string of the molecule is CCCOc1c(F)cccc1CN. The molecule has 0 amide bonds. The molecule has 0 saturated carbocycles. The van der Waals surface area contributed by atoms with Crippen LogP contribution in [0.15, 0.2) is 18.2 Å². The van der Waals surface area contributed by atoms with Crippen molar-refractivity contribution in [2.24, 2.45) is 5.73 Å². The van der Waals surface area contributed by atoms with Crippen molar-refractivity contribution < 1.29 is 9.13 Å². The minimum Gasteiger partial charge on any atom is -0.490 e. The van der Waals surface area contributed by atoms with E-state index in [0.29, 0.717) is 24.5 Å². The van der Waals surface area contributed by atoms with Crippen molar-refractivity contribution in [2.75, 3.05) is 6.61 Å². The molecule has 0 unspecified atom stereocenters. The first-order valence-corrected chi connectivity index (χ1v) is 4.39. The average Bonchev–Trinajstić information content (AvgIpc) is 2.15. The van der Waals surface area contributed by atoms with Crippen molar-refractivity contribution in [1.29, 1.82) is 0 Å². The van der Waals surface area contributed by atoms with Gasteiger partial charge in [-0.25, -0.2) is 4.39 Å². The summed E-state index contributed by atoms with van der Waals surface area (Å²) in [5.74, 6) is -0.0387. The van der Waals surface area contributed by atoms with Gasteiger partial charge >= 0.3 is 0 Å². The molecule has 0 bridgehead atoms. The Hall–Kier alpha value is -1.09. The Morgan fingerprint density at radius 1 is 1.46 bits per heavy atom. The zero-order valence-electron chi connectivity index (χ0n) is 7.72. The fraction of sp³-hybridized carbons (Fsp3) is 0.400. The number of para-hydroxylation sites is 1. The lowest BCUT2D eigenvalue weighted by Gasteiger charge is -2.09. The molecule has 0 aliphatic heterocycles. The number of benzene rings is 1. The van der Waals surface area contributed by atoms with Gasteiger partial charge < -0.3 is 10.5 Å². The van der Waals surface area contributed by atoms with Crippen molar-refractivity contribution in [1.82, 2.24) is 0 Å². The molecular formula is C10H14FNO. The van der Waals surface area contributed by atoms with Crippen LogP contribution >= 0.6 is 0 Å². The average molecular weight is 183 g/mol. The van der Waals surface area contributed by atoms with E-state index in [-0.39, 0.29) is 5.82 Å². The van der Waals surface area contributed by atoms with Crippen LogP contribution in [0.2, 0.25) is 0 Å². The Labute approximate surface area is 77.5 Å². The van der Waals surface area contributed by atoms with Crippen molar-refractivity contribution in [2.45, 2.75) is 19.9 Å². The maximum atomic E-state index is 13.2. The molecule has 0 aliphatic rings. The molecule has 0 aromatic heterocycles. The Balaban J connectivity index is 2.87. The van der Waals surface area contributed by atoms with Crippen molar-refractivity contribution in [3.8, 4) is 5.75 Å². The van der Waals surface area contributed by atoms with Crippen LogP contribution in [0.4, 0.5) is 4.39 Å². The topological polar surface area (TPSA) is 35.2 Å². The number of nitrogens with two attached hydrogens (primary N) is 1. The lowest BCUT2D eigenvalue weighted by molar-refractivity contribution is 0.298. The number of hydrogen-bond acceptors (Lipinski definition) is 2. The summed E-state index contributed by atoms with van der Waals surface area (Å²) in [4.78, 5) is 0. The van der Waals surface area contributed by atoms with Gasteiger partial charge in [0.05, 0.1) is 6.61 Å². The first-order valence-electron chi connectivity index (χ1n) is 4.39. The van der Waals surface area contributed by atoms with E-state index in [1.165, 1.54) is 6.07 Å². The van der Waals surface area contributed by atoms with Gasteiger partial charge in [-0.15, -0.1) is 0 Å². The van der Waals surface area contributed by atoms with Crippen LogP contribution in [-0.2, 0) is 6.54 Å². The van der Waals surface area contributed by atoms with Gasteiger partial charge in [-0.1, -0.05) is 19.1 Å². The zero-order chi connectivity index (χ0) is 9.68. The molecule has 0 spiro atoms. The zero-order valence-corrected chi connectivity index (χ0v) is 7.72. The van der Waals surface area contributed by atoms with E-state index >= 15 is 0 Å². The minimum absolute atomic E-state index is 0.298. The second-order valence-electron chi connectivity index (χ2n) is 2.78. The third-order valence-electron chi connectivity index (χ3n) is 1.72. The number of hydrogen-bond donors (Lipinski definition) is 1. The second kappa shape index (κ2) is 4.82. The molecule has 1 aromatic carbocycles. The summed E-state index contributed by atoms with van der Waals surface area (Å²) in [5.41, 5.74) is 6.16. The highest BCUT2D eigenvalue weighted by molar-refractivity contribution is 5.34. The van der Waals surface area contributed by atoms with E-state index in [1.807, 2.05) is 6.92 Å². The first-order chi connectivity index (χ1) is 6.29. The third kappa shape index (κ3) is 2.42. The highest BCUT2D eigenvalue weighted by atomic mass is 19.1. The van der Waals surface area contributed by atoms with Crippen molar-refractivity contribution >= 4 is 0 Å². The molecule has 2 nitrogen and oxygen atoms in total. The van der Waals surface area contributed by atoms with Gasteiger partial charge in [0.25, 0.3) is 0 Å². The molecule has 0 heterocycles. The third-order valence-corrected chi connectivity index (χ3v) is 1.72. The van der Waals surface area contributed by atoms with E-state index in [0.717, 1.165) is 6.42 Å². The number of halogens is 1. The quantitative estimate of drug-likeness (QED) is 0.775. The summed E-state index contributed by atoms with van der Waals surface area (Å²) in [6, 6.07) is 4.79. The lowest BCUT2D eigenvalue weighted by atomic mass is 10.2. The maximum Gasteiger partial charge on any atom is 0.165 e. The summed E-state index contributed by atoms with van der Waals surface area (Å²) in [6.45, 7) is 2.80. The molecule has 0 saturated heterocycles. The highest BCUT2D eigenvalue weighted by Crippen LogP contribution is 2.22. The van der Waals surface area contributed by atoms with Gasteiger partial charge in [-0.05, 0) is 12.5 Å².